The average molecular weight is 407 g/mol. The van der Waals surface area contributed by atoms with E-state index >= 15 is 0 Å². The molecule has 4 nitrogen and oxygen atoms in total. The predicted octanol–water partition coefficient (Wildman–Crippen LogP) is -1.66. The molecule has 0 aliphatic heterocycles. The van der Waals surface area contributed by atoms with Crippen LogP contribution in [0, 0.1) is 0 Å². The monoisotopic (exact) mass is 407 g/mol. The molecule has 0 heterocycles. The van der Waals surface area contributed by atoms with Crippen molar-refractivity contribution in [2.24, 2.45) is 0 Å². The van der Waals surface area contributed by atoms with Crippen molar-refractivity contribution in [3.63, 3.8) is 0 Å². The number of rotatable bonds is 5. The topological polar surface area (TPSA) is 87.2 Å². The molecule has 0 aliphatic rings. The number of carbonyl (C=O) groups is 1. The fourth-order valence-corrected chi connectivity index (χ4v) is 3.24. The molecule has 0 aliphatic carbocycles. The maximum atomic E-state index is 10.9. The van der Waals surface area contributed by atoms with Crippen molar-refractivity contribution in [2.45, 2.75) is 0 Å². The molecule has 4 rings (SSSR count). The van der Waals surface area contributed by atoms with Crippen LogP contribution in [-0.2, 0) is 4.79 Å². The van der Waals surface area contributed by atoms with Crippen molar-refractivity contribution in [1.82, 2.24) is 0 Å². The molecule has 0 amide bonds. The molecule has 148 valence electrons. The summed E-state index contributed by atoms with van der Waals surface area (Å²) in [5, 5.41) is 10.9. The minimum absolute atomic E-state index is 0. The first kappa shape index (κ1) is 27.2. The largest absolute Gasteiger partial charge is 1.00 e. The van der Waals surface area contributed by atoms with Crippen molar-refractivity contribution in [1.29, 1.82) is 0 Å². The Morgan fingerprint density at radius 1 is 0.531 bits per heavy atom. The Morgan fingerprint density at radius 3 is 1.03 bits per heavy atom. The minimum atomic E-state index is -1.17. The van der Waals surface area contributed by atoms with E-state index in [1.165, 1.54) is 0 Å². The van der Waals surface area contributed by atoms with E-state index in [0.29, 0.717) is 5.56 Å². The zero-order valence-electron chi connectivity index (χ0n) is 17.9. The van der Waals surface area contributed by atoms with Gasteiger partial charge in [0.05, 0.1) is 12.3 Å². The fraction of sp³-hybridized carbons (Fsp3) is 0. The summed E-state index contributed by atoms with van der Waals surface area (Å²) in [4.78, 5) is 21.5. The van der Waals surface area contributed by atoms with Gasteiger partial charge in [0.2, 0.25) is 0 Å². The molecular weight excluding hydrogens is 390 g/mol. The summed E-state index contributed by atoms with van der Waals surface area (Å²) < 4.78 is 0. The number of benzene rings is 4. The Labute approximate surface area is 211 Å². The van der Waals surface area contributed by atoms with Crippen LogP contribution in [0.2, 0.25) is 0 Å². The molecule has 0 radical (unpaired) electrons. The van der Waals surface area contributed by atoms with Crippen LogP contribution in [0.5, 0.6) is 0 Å². The Morgan fingerprint density at radius 2 is 0.781 bits per heavy atom. The molecule has 0 unspecified atom stereocenters. The van der Waals surface area contributed by atoms with E-state index in [4.69, 9.17) is 0 Å². The number of carboxylic acid groups (broad SMARTS) is 1. The van der Waals surface area contributed by atoms with Gasteiger partial charge in [-0.15, -0.1) is 12.1 Å². The fourth-order valence-electron chi connectivity index (χ4n) is 3.24. The Balaban J connectivity index is 0.00000171. The van der Waals surface area contributed by atoms with E-state index in [2.05, 4.69) is 24.3 Å². The second-order valence-electron chi connectivity index (χ2n) is 6.70. The molecule has 32 heavy (non-hydrogen) atoms. The van der Waals surface area contributed by atoms with Gasteiger partial charge in [0.15, 0.2) is 0 Å². The summed E-state index contributed by atoms with van der Waals surface area (Å²) in [6, 6.07) is 30.4. The van der Waals surface area contributed by atoms with Crippen LogP contribution in [0.3, 0.4) is 0 Å². The predicted molar refractivity (Wildman–Crippen MR) is 114 cm³/mol. The van der Waals surface area contributed by atoms with Crippen LogP contribution in [-0.4, -0.2) is 17.7 Å². The van der Waals surface area contributed by atoms with Gasteiger partial charge in [0.1, 0.15) is 0 Å². The first-order chi connectivity index (χ1) is 14.1. The Bertz CT molecular complexity index is 1150. The van der Waals surface area contributed by atoms with Gasteiger partial charge >= 0.3 is 37.7 Å². The standard InChI is InChI=1S/C26H17O3.2Li.H2O/c27-17-18-1-3-19(4-2-18)20-5-7-21(8-6-20)22-9-11-23(12-10-22)24-13-15-25(16-14-24)26(28)29;;;/h1-16H,(H,28,29);;;1H2/q-1;2*+1;/p-2. The first-order valence-corrected chi connectivity index (χ1v) is 9.15. The smallest absolute Gasteiger partial charge is 0.870 e. The van der Waals surface area contributed by atoms with Crippen LogP contribution < -0.4 is 42.8 Å². The molecule has 0 fully saturated rings. The SMILES string of the molecule is O=[C-]c1ccc(-c2ccc(-c3ccc(-c4ccc(C(=O)[O-])cc4)cc3)cc2)cc1.[Li+].[Li+].[OH-]. The van der Waals surface area contributed by atoms with Crippen LogP contribution in [0.15, 0.2) is 97.1 Å². The van der Waals surface area contributed by atoms with Crippen LogP contribution in [0.4, 0.5) is 0 Å². The van der Waals surface area contributed by atoms with Crippen molar-refractivity contribution in [3.05, 3.63) is 108 Å². The van der Waals surface area contributed by atoms with Crippen molar-refractivity contribution in [3.8, 4) is 33.4 Å². The summed E-state index contributed by atoms with van der Waals surface area (Å²) in [5.41, 5.74) is 7.00. The van der Waals surface area contributed by atoms with Gasteiger partial charge in [0, 0.05) is 0 Å². The molecule has 0 saturated carbocycles. The third-order valence-electron chi connectivity index (χ3n) is 4.89. The molecular formula is C26H17Li2O4-. The summed E-state index contributed by atoms with van der Waals surface area (Å²) in [6.45, 7) is 0. The van der Waals surface area contributed by atoms with Gasteiger partial charge in [0.25, 0.3) is 0 Å². The maximum Gasteiger partial charge on any atom is 1.00 e. The molecule has 4 aromatic carbocycles. The normalized spacial score (nSPS) is 9.50. The van der Waals surface area contributed by atoms with E-state index in [0.717, 1.165) is 33.4 Å². The quantitative estimate of drug-likeness (QED) is 0.293. The van der Waals surface area contributed by atoms with E-state index in [9.17, 15) is 14.7 Å². The number of hydrogen-bond donors (Lipinski definition) is 0. The number of carboxylic acids is 1. The third kappa shape index (κ3) is 6.12. The van der Waals surface area contributed by atoms with Gasteiger partial charge in [-0.2, -0.15) is 17.7 Å². The van der Waals surface area contributed by atoms with E-state index in [1.807, 2.05) is 42.7 Å². The Hall–Kier alpha value is -2.83. The van der Waals surface area contributed by atoms with Crippen LogP contribution in [0.1, 0.15) is 15.9 Å². The van der Waals surface area contributed by atoms with Gasteiger partial charge < -0.3 is 20.2 Å². The second-order valence-corrected chi connectivity index (χ2v) is 6.70. The zero-order chi connectivity index (χ0) is 20.2. The van der Waals surface area contributed by atoms with Gasteiger partial charge in [-0.05, 0) is 38.9 Å². The maximum absolute atomic E-state index is 10.9. The van der Waals surface area contributed by atoms with Crippen LogP contribution >= 0.6 is 0 Å². The average Bonchev–Trinajstić information content (AvgIpc) is 2.79. The molecule has 0 aromatic heterocycles. The van der Waals surface area contributed by atoms with Crippen molar-refractivity contribution < 1.29 is 57.9 Å². The van der Waals surface area contributed by atoms with E-state index in [1.54, 1.807) is 36.4 Å². The van der Waals surface area contributed by atoms with E-state index < -0.39 is 5.97 Å². The summed E-state index contributed by atoms with van der Waals surface area (Å²) in [6.07, 6.45) is 1.88. The van der Waals surface area contributed by atoms with Gasteiger partial charge in [-0.3, -0.25) is 0 Å². The van der Waals surface area contributed by atoms with Crippen LogP contribution in [0.25, 0.3) is 33.4 Å². The minimum Gasteiger partial charge on any atom is -0.870 e. The van der Waals surface area contributed by atoms with Gasteiger partial charge in [-0.25, -0.2) is 0 Å². The summed E-state index contributed by atoms with van der Waals surface area (Å²) in [5.74, 6) is -1.17. The molecule has 0 saturated heterocycles. The Kier molecular flexibility index (Phi) is 10.4. The number of hydrogen-bond acceptors (Lipinski definition) is 4. The summed E-state index contributed by atoms with van der Waals surface area (Å²) >= 11 is 0. The summed E-state index contributed by atoms with van der Waals surface area (Å²) in [7, 11) is 0. The second kappa shape index (κ2) is 12.3. The molecule has 0 atom stereocenters. The molecule has 4 aromatic rings. The first-order valence-electron chi connectivity index (χ1n) is 9.15. The van der Waals surface area contributed by atoms with Gasteiger partial charge in [-0.1, -0.05) is 72.8 Å². The third-order valence-corrected chi connectivity index (χ3v) is 4.89. The zero-order valence-corrected chi connectivity index (χ0v) is 17.9. The molecule has 6 heteroatoms. The molecule has 0 bridgehead atoms. The van der Waals surface area contributed by atoms with E-state index in [-0.39, 0.29) is 48.8 Å². The molecule has 1 N–H and O–H groups in total. The number of aromatic carboxylic acids is 1. The van der Waals surface area contributed by atoms with Crippen molar-refractivity contribution >= 4 is 12.3 Å². The molecule has 0 spiro atoms. The van der Waals surface area contributed by atoms with Crippen molar-refractivity contribution in [2.75, 3.05) is 0 Å². The number of carbonyl (C=O) groups excluding carboxylic acids is 2.